The van der Waals surface area contributed by atoms with Gasteiger partial charge in [0.15, 0.2) is 11.2 Å². The van der Waals surface area contributed by atoms with Gasteiger partial charge in [0.05, 0.1) is 11.0 Å². The minimum atomic E-state index is -4.25. The summed E-state index contributed by atoms with van der Waals surface area (Å²) in [5.74, 6) is -1.82. The smallest absolute Gasteiger partial charge is 0.314 e. The predicted molar refractivity (Wildman–Crippen MR) is 55.3 cm³/mol. The number of nitro groups is 1. The average Bonchev–Trinajstić information content (AvgIpc) is 2.20. The van der Waals surface area contributed by atoms with Gasteiger partial charge in [-0.05, 0) is 6.92 Å². The van der Waals surface area contributed by atoms with Gasteiger partial charge in [0, 0.05) is 6.07 Å². The van der Waals surface area contributed by atoms with Gasteiger partial charge in [-0.2, -0.15) is 0 Å². The fraction of sp³-hybridized carbons (Fsp3) is 0.250. The second kappa shape index (κ2) is 4.18. The monoisotopic (exact) mass is 263 g/mol. The van der Waals surface area contributed by atoms with Gasteiger partial charge >= 0.3 is 5.69 Å². The molecule has 0 saturated heterocycles. The van der Waals surface area contributed by atoms with Gasteiger partial charge in [-0.15, -0.1) is 0 Å². The Morgan fingerprint density at radius 3 is 2.24 bits per heavy atom. The summed E-state index contributed by atoms with van der Waals surface area (Å²) >= 11 is 0. The molecule has 0 aliphatic carbocycles. The second-order valence-corrected chi connectivity index (χ2v) is 5.42. The molecule has 94 valence electrons. The summed E-state index contributed by atoms with van der Waals surface area (Å²) in [6, 6.07) is 1.03. The van der Waals surface area contributed by atoms with E-state index < -0.39 is 42.3 Å². The van der Waals surface area contributed by atoms with E-state index in [1.165, 1.54) is 0 Å². The zero-order valence-electron chi connectivity index (χ0n) is 8.56. The van der Waals surface area contributed by atoms with E-state index in [-0.39, 0.29) is 0 Å². The van der Waals surface area contributed by atoms with Gasteiger partial charge in [0.1, 0.15) is 10.6 Å². The lowest BCUT2D eigenvalue weighted by Gasteiger charge is -2.09. The third-order valence-electron chi connectivity index (χ3n) is 2.01. The summed E-state index contributed by atoms with van der Waals surface area (Å²) < 4.78 is 23.0. The molecule has 1 unspecified atom stereocenters. The topological polar surface area (TPSA) is 138 Å². The highest BCUT2D eigenvalue weighted by Gasteiger charge is 2.28. The van der Waals surface area contributed by atoms with Crippen LogP contribution in [-0.4, -0.2) is 34.1 Å². The highest BCUT2D eigenvalue weighted by Crippen LogP contribution is 2.36. The summed E-state index contributed by atoms with van der Waals surface area (Å²) in [5, 5.41) is 38.0. The summed E-state index contributed by atoms with van der Waals surface area (Å²) in [7, 11) is -4.25. The van der Waals surface area contributed by atoms with Gasteiger partial charge in [-0.25, -0.2) is 8.42 Å². The largest absolute Gasteiger partial charge is 0.506 e. The van der Waals surface area contributed by atoms with Gasteiger partial charge < -0.3 is 15.3 Å². The molecule has 0 radical (unpaired) electrons. The van der Waals surface area contributed by atoms with Crippen LogP contribution in [0.4, 0.5) is 5.69 Å². The summed E-state index contributed by atoms with van der Waals surface area (Å²) in [4.78, 5) is 8.66. The zero-order valence-corrected chi connectivity index (χ0v) is 9.38. The number of nitrogens with zero attached hydrogens (tertiary/aromatic N) is 1. The van der Waals surface area contributed by atoms with Crippen LogP contribution in [0.5, 0.6) is 11.5 Å². The third kappa shape index (κ3) is 2.29. The number of hydrogen-bond acceptors (Lipinski definition) is 7. The number of aromatic hydroxyl groups is 2. The number of benzene rings is 1. The minimum absolute atomic E-state index is 0.505. The number of phenols is 2. The number of aliphatic hydroxyl groups excluding tert-OH is 1. The molecule has 0 saturated carbocycles. The molecule has 0 heterocycles. The molecule has 0 aliphatic heterocycles. The van der Waals surface area contributed by atoms with Crippen molar-refractivity contribution in [1.29, 1.82) is 0 Å². The minimum Gasteiger partial charge on any atom is -0.506 e. The van der Waals surface area contributed by atoms with Crippen molar-refractivity contribution in [2.24, 2.45) is 0 Å². The van der Waals surface area contributed by atoms with Crippen LogP contribution in [0, 0.1) is 10.1 Å². The van der Waals surface area contributed by atoms with E-state index in [4.69, 9.17) is 5.11 Å². The Bertz CT molecular complexity index is 563. The Morgan fingerprint density at radius 1 is 1.29 bits per heavy atom. The molecule has 1 rings (SSSR count). The Kier molecular flexibility index (Phi) is 3.25. The maximum absolute atomic E-state index is 11.5. The van der Waals surface area contributed by atoms with Crippen LogP contribution in [0.1, 0.15) is 6.92 Å². The Hall–Kier alpha value is -1.87. The molecule has 1 aromatic rings. The van der Waals surface area contributed by atoms with Crippen molar-refractivity contribution in [2.45, 2.75) is 17.3 Å². The maximum Gasteiger partial charge on any atom is 0.314 e. The number of hydrogen-bond donors (Lipinski definition) is 3. The van der Waals surface area contributed by atoms with E-state index in [9.17, 15) is 28.7 Å². The first-order valence-electron chi connectivity index (χ1n) is 4.30. The lowest BCUT2D eigenvalue weighted by atomic mass is 10.3. The number of nitro benzene ring substituents is 1. The van der Waals surface area contributed by atoms with Crippen LogP contribution in [0.2, 0.25) is 0 Å². The Labute approximate surface area is 95.8 Å². The first kappa shape index (κ1) is 13.2. The van der Waals surface area contributed by atoms with Crippen LogP contribution < -0.4 is 0 Å². The first-order valence-corrected chi connectivity index (χ1v) is 5.85. The molecule has 0 aliphatic rings. The van der Waals surface area contributed by atoms with Crippen molar-refractivity contribution < 1.29 is 28.7 Å². The highest BCUT2D eigenvalue weighted by atomic mass is 32.2. The molecule has 0 spiro atoms. The van der Waals surface area contributed by atoms with Crippen molar-refractivity contribution in [3.8, 4) is 11.5 Å². The molecule has 1 aromatic carbocycles. The molecule has 3 N–H and O–H groups in total. The van der Waals surface area contributed by atoms with E-state index in [1.807, 2.05) is 0 Å². The molecule has 0 fully saturated rings. The normalized spacial score (nSPS) is 13.3. The molecule has 0 amide bonds. The molecule has 0 aromatic heterocycles. The first-order chi connectivity index (χ1) is 7.67. The van der Waals surface area contributed by atoms with E-state index in [2.05, 4.69) is 0 Å². The molecule has 17 heavy (non-hydrogen) atoms. The molecular weight excluding hydrogens is 254 g/mol. The average molecular weight is 263 g/mol. The lowest BCUT2D eigenvalue weighted by molar-refractivity contribution is -0.386. The number of sulfone groups is 1. The summed E-state index contributed by atoms with van der Waals surface area (Å²) in [6.07, 6.45) is 0. The Morgan fingerprint density at radius 2 is 1.82 bits per heavy atom. The molecular formula is C8H9NO7S. The molecule has 0 bridgehead atoms. The van der Waals surface area contributed by atoms with Gasteiger partial charge in [-0.3, -0.25) is 10.1 Å². The van der Waals surface area contributed by atoms with E-state index >= 15 is 0 Å². The SMILES string of the molecule is CC(O)S(=O)(=O)c1cc(O)c([N+](=O)[O-])cc1O. The number of rotatable bonds is 3. The summed E-state index contributed by atoms with van der Waals surface area (Å²) in [5.41, 5.74) is -2.64. The van der Waals surface area contributed by atoms with Crippen molar-refractivity contribution in [3.05, 3.63) is 22.2 Å². The van der Waals surface area contributed by atoms with Crippen LogP contribution >= 0.6 is 0 Å². The number of aliphatic hydroxyl groups is 1. The van der Waals surface area contributed by atoms with E-state index in [1.54, 1.807) is 0 Å². The van der Waals surface area contributed by atoms with E-state index in [0.717, 1.165) is 6.92 Å². The van der Waals surface area contributed by atoms with Crippen LogP contribution in [0.25, 0.3) is 0 Å². The van der Waals surface area contributed by atoms with Crippen LogP contribution in [-0.2, 0) is 9.84 Å². The van der Waals surface area contributed by atoms with Gasteiger partial charge in [0.2, 0.25) is 9.84 Å². The molecule has 1 atom stereocenters. The van der Waals surface area contributed by atoms with Gasteiger partial charge in [-0.1, -0.05) is 0 Å². The Balaban J connectivity index is 3.51. The fourth-order valence-electron chi connectivity index (χ4n) is 1.10. The quantitative estimate of drug-likeness (QED) is 0.400. The summed E-state index contributed by atoms with van der Waals surface area (Å²) in [6.45, 7) is 0.952. The maximum atomic E-state index is 11.5. The van der Waals surface area contributed by atoms with Crippen LogP contribution in [0.15, 0.2) is 17.0 Å². The second-order valence-electron chi connectivity index (χ2n) is 3.21. The van der Waals surface area contributed by atoms with Gasteiger partial charge in [0.25, 0.3) is 0 Å². The van der Waals surface area contributed by atoms with Crippen molar-refractivity contribution in [2.75, 3.05) is 0 Å². The van der Waals surface area contributed by atoms with Crippen molar-refractivity contribution in [1.82, 2.24) is 0 Å². The molecule has 8 nitrogen and oxygen atoms in total. The zero-order chi connectivity index (χ0) is 13.4. The van der Waals surface area contributed by atoms with Crippen molar-refractivity contribution in [3.63, 3.8) is 0 Å². The standard InChI is InChI=1S/C8H9NO7S/c1-4(10)17(15,16)8-3-6(11)5(9(13)14)2-7(8)12/h2-4,10-12H,1H3. The lowest BCUT2D eigenvalue weighted by Crippen LogP contribution is -2.17. The fourth-order valence-corrected chi connectivity index (χ4v) is 2.10. The van der Waals surface area contributed by atoms with Crippen LogP contribution in [0.3, 0.4) is 0 Å². The predicted octanol–water partition coefficient (Wildman–Crippen LogP) is 0.118. The van der Waals surface area contributed by atoms with E-state index in [0.29, 0.717) is 12.1 Å². The molecule has 9 heteroatoms. The number of phenolic OH excluding ortho intramolecular Hbond substituents is 2. The van der Waals surface area contributed by atoms with Crippen molar-refractivity contribution >= 4 is 15.5 Å². The highest BCUT2D eigenvalue weighted by molar-refractivity contribution is 7.92. The third-order valence-corrected chi connectivity index (χ3v) is 3.85.